The molecule has 1 N–H and O–H groups in total. The number of nitrogens with zero attached hydrogens (tertiary/aromatic N) is 1. The summed E-state index contributed by atoms with van der Waals surface area (Å²) in [6.45, 7) is 2.08. The fourth-order valence-corrected chi connectivity index (χ4v) is 3.54. The average molecular weight is 226 g/mol. The predicted octanol–water partition coefficient (Wildman–Crippen LogP) is 3.49. The van der Waals surface area contributed by atoms with E-state index >= 15 is 0 Å². The lowest BCUT2D eigenvalue weighted by Gasteiger charge is -2.33. The molecule has 2 aliphatic rings. The Bertz CT molecular complexity index is 457. The van der Waals surface area contributed by atoms with E-state index in [1.807, 2.05) is 0 Å². The molecule has 0 heterocycles. The summed E-state index contributed by atoms with van der Waals surface area (Å²) in [6.07, 6.45) is 4.81. The first-order chi connectivity index (χ1) is 8.22. The van der Waals surface area contributed by atoms with E-state index in [1.54, 1.807) is 0 Å². The van der Waals surface area contributed by atoms with Crippen LogP contribution in [0.25, 0.3) is 0 Å². The number of hydrogen-bond acceptors (Lipinski definition) is 2. The highest BCUT2D eigenvalue weighted by Gasteiger charge is 2.51. The molecule has 2 saturated carbocycles. The van der Waals surface area contributed by atoms with Gasteiger partial charge in [0.25, 0.3) is 0 Å². The molecule has 2 nitrogen and oxygen atoms in total. The van der Waals surface area contributed by atoms with Gasteiger partial charge in [0.15, 0.2) is 0 Å². The minimum absolute atomic E-state index is 0.293. The molecule has 1 aromatic rings. The molecule has 0 amide bonds. The van der Waals surface area contributed by atoms with Crippen molar-refractivity contribution in [1.82, 2.24) is 0 Å². The van der Waals surface area contributed by atoms with Crippen LogP contribution in [0.2, 0.25) is 0 Å². The molecule has 0 aromatic heterocycles. The minimum Gasteiger partial charge on any atom is -0.367 e. The van der Waals surface area contributed by atoms with Crippen LogP contribution in [0.3, 0.4) is 0 Å². The quantitative estimate of drug-likeness (QED) is 0.838. The maximum Gasteiger partial charge on any atom is 0.128 e. The van der Waals surface area contributed by atoms with E-state index < -0.39 is 0 Å². The zero-order valence-corrected chi connectivity index (χ0v) is 10.2. The number of aryl methyl sites for hydroxylation is 1. The van der Waals surface area contributed by atoms with E-state index in [0.717, 1.165) is 18.0 Å². The number of rotatable bonds is 2. The van der Waals surface area contributed by atoms with Crippen LogP contribution in [0.1, 0.15) is 31.2 Å². The summed E-state index contributed by atoms with van der Waals surface area (Å²) in [4.78, 5) is 0. The summed E-state index contributed by atoms with van der Waals surface area (Å²) in [5, 5.41) is 13.0. The average Bonchev–Trinajstić information content (AvgIpc) is 2.93. The third kappa shape index (κ3) is 1.70. The lowest BCUT2D eigenvalue weighted by Crippen LogP contribution is -2.41. The molecule has 17 heavy (non-hydrogen) atoms. The Hall–Kier alpha value is -1.49. The van der Waals surface area contributed by atoms with Crippen molar-refractivity contribution in [3.05, 3.63) is 29.8 Å². The Morgan fingerprint density at radius 3 is 2.59 bits per heavy atom. The Kier molecular flexibility index (Phi) is 2.36. The second-order valence-electron chi connectivity index (χ2n) is 5.65. The Labute approximate surface area is 103 Å². The molecule has 2 fully saturated rings. The largest absolute Gasteiger partial charge is 0.367 e. The van der Waals surface area contributed by atoms with E-state index in [2.05, 4.69) is 42.6 Å². The molecule has 3 rings (SSSR count). The number of anilines is 1. The summed E-state index contributed by atoms with van der Waals surface area (Å²) < 4.78 is 0. The zero-order chi connectivity index (χ0) is 11.9. The first-order valence-electron chi connectivity index (χ1n) is 6.48. The molecule has 2 aliphatic carbocycles. The highest BCUT2D eigenvalue weighted by Crippen LogP contribution is 2.51. The second-order valence-corrected chi connectivity index (χ2v) is 5.65. The zero-order valence-electron chi connectivity index (χ0n) is 10.2. The molecular formula is C15H18N2. The van der Waals surface area contributed by atoms with Crippen molar-refractivity contribution < 1.29 is 0 Å². The van der Waals surface area contributed by atoms with Crippen LogP contribution in [-0.2, 0) is 0 Å². The molecule has 88 valence electrons. The molecule has 3 atom stereocenters. The summed E-state index contributed by atoms with van der Waals surface area (Å²) >= 11 is 0. The van der Waals surface area contributed by atoms with Crippen molar-refractivity contribution in [2.45, 2.75) is 38.1 Å². The maximum absolute atomic E-state index is 9.54. The van der Waals surface area contributed by atoms with Gasteiger partial charge in [-0.05, 0) is 56.6 Å². The molecule has 0 radical (unpaired) electrons. The second kappa shape index (κ2) is 3.77. The minimum atomic E-state index is -0.293. The van der Waals surface area contributed by atoms with Gasteiger partial charge in [0, 0.05) is 5.69 Å². The third-order valence-corrected chi connectivity index (χ3v) is 4.47. The smallest absolute Gasteiger partial charge is 0.128 e. The molecule has 0 spiro atoms. The van der Waals surface area contributed by atoms with Gasteiger partial charge in [0.05, 0.1) is 6.07 Å². The number of hydrogen-bond donors (Lipinski definition) is 1. The summed E-state index contributed by atoms with van der Waals surface area (Å²) in [5.74, 6) is 1.33. The first-order valence-corrected chi connectivity index (χ1v) is 6.48. The van der Waals surface area contributed by atoms with E-state index in [0.29, 0.717) is 5.92 Å². The van der Waals surface area contributed by atoms with Crippen LogP contribution in [0.15, 0.2) is 24.3 Å². The highest BCUT2D eigenvalue weighted by molar-refractivity contribution is 5.50. The van der Waals surface area contributed by atoms with Crippen LogP contribution < -0.4 is 5.32 Å². The molecule has 3 unspecified atom stereocenters. The Balaban J connectivity index is 1.84. The van der Waals surface area contributed by atoms with E-state index in [9.17, 15) is 5.26 Å². The summed E-state index contributed by atoms with van der Waals surface area (Å²) in [5.41, 5.74) is 2.05. The fourth-order valence-electron chi connectivity index (χ4n) is 3.54. The number of benzene rings is 1. The Morgan fingerprint density at radius 2 is 2.06 bits per heavy atom. The molecule has 0 saturated heterocycles. The predicted molar refractivity (Wildman–Crippen MR) is 68.6 cm³/mol. The SMILES string of the molecule is Cc1ccc(NC2(C#N)CC3CCC2C3)cc1. The number of nitrogens with one attached hydrogen (secondary N) is 1. The summed E-state index contributed by atoms with van der Waals surface area (Å²) in [7, 11) is 0. The molecule has 1 aromatic carbocycles. The topological polar surface area (TPSA) is 35.8 Å². The van der Waals surface area contributed by atoms with Gasteiger partial charge in [-0.25, -0.2) is 0 Å². The van der Waals surface area contributed by atoms with Crippen molar-refractivity contribution >= 4 is 5.69 Å². The van der Waals surface area contributed by atoms with Gasteiger partial charge < -0.3 is 5.32 Å². The number of fused-ring (bicyclic) bond motifs is 2. The molecule has 2 bridgehead atoms. The highest BCUT2D eigenvalue weighted by atomic mass is 15.0. The van der Waals surface area contributed by atoms with Crippen molar-refractivity contribution in [3.63, 3.8) is 0 Å². The summed E-state index contributed by atoms with van der Waals surface area (Å²) in [6, 6.07) is 10.9. The molecule has 2 heteroatoms. The van der Waals surface area contributed by atoms with E-state index in [4.69, 9.17) is 0 Å². The van der Waals surface area contributed by atoms with E-state index in [-0.39, 0.29) is 5.54 Å². The van der Waals surface area contributed by atoms with Crippen LogP contribution >= 0.6 is 0 Å². The van der Waals surface area contributed by atoms with Crippen molar-refractivity contribution in [1.29, 1.82) is 5.26 Å². The van der Waals surface area contributed by atoms with E-state index in [1.165, 1.54) is 24.8 Å². The van der Waals surface area contributed by atoms with Crippen LogP contribution in [-0.4, -0.2) is 5.54 Å². The number of nitriles is 1. The van der Waals surface area contributed by atoms with Crippen LogP contribution in [0.5, 0.6) is 0 Å². The van der Waals surface area contributed by atoms with Crippen molar-refractivity contribution in [2.75, 3.05) is 5.32 Å². The van der Waals surface area contributed by atoms with Crippen molar-refractivity contribution in [2.24, 2.45) is 11.8 Å². The lowest BCUT2D eigenvalue weighted by atomic mass is 9.82. The Morgan fingerprint density at radius 1 is 1.29 bits per heavy atom. The van der Waals surface area contributed by atoms with Gasteiger partial charge in [-0.2, -0.15) is 5.26 Å². The monoisotopic (exact) mass is 226 g/mol. The maximum atomic E-state index is 9.54. The van der Waals surface area contributed by atoms with Crippen LogP contribution in [0.4, 0.5) is 5.69 Å². The first kappa shape index (κ1) is 10.7. The third-order valence-electron chi connectivity index (χ3n) is 4.47. The fraction of sp³-hybridized carbons (Fsp3) is 0.533. The standard InChI is InChI=1S/C15H18N2/c1-11-2-6-14(7-3-11)17-15(10-16)9-12-4-5-13(15)8-12/h2-3,6-7,12-13,17H,4-5,8-9H2,1H3. The van der Waals surface area contributed by atoms with Crippen LogP contribution in [0, 0.1) is 30.1 Å². The van der Waals surface area contributed by atoms with Gasteiger partial charge >= 0.3 is 0 Å². The molecule has 0 aliphatic heterocycles. The van der Waals surface area contributed by atoms with Gasteiger partial charge in [0.2, 0.25) is 0 Å². The lowest BCUT2D eigenvalue weighted by molar-refractivity contribution is 0.368. The van der Waals surface area contributed by atoms with Gasteiger partial charge in [-0.1, -0.05) is 17.7 Å². The van der Waals surface area contributed by atoms with Gasteiger partial charge in [0.1, 0.15) is 5.54 Å². The normalized spacial score (nSPS) is 34.6. The van der Waals surface area contributed by atoms with Crippen molar-refractivity contribution in [3.8, 4) is 6.07 Å². The van der Waals surface area contributed by atoms with Gasteiger partial charge in [-0.15, -0.1) is 0 Å². The van der Waals surface area contributed by atoms with Gasteiger partial charge in [-0.3, -0.25) is 0 Å². The molecular weight excluding hydrogens is 208 g/mol.